The first kappa shape index (κ1) is 15.6. The fraction of sp³-hybridized carbons (Fsp3) is 0.0714. The van der Waals surface area contributed by atoms with Gasteiger partial charge in [0.05, 0.1) is 5.56 Å². The number of benzene rings is 2. The van der Waals surface area contributed by atoms with Crippen molar-refractivity contribution in [3.05, 3.63) is 53.8 Å². The standard InChI is InChI=1S/C14H9F4NO3/c15-10-6-5-8(7-9(10)13(19)20)21-11-3-1-2-4-12(11)22-14(16,17)18/h1-7H,(H2,19,20). The molecule has 0 aliphatic carbocycles. The lowest BCUT2D eigenvalue weighted by molar-refractivity contribution is -0.275. The molecule has 4 nitrogen and oxygen atoms in total. The van der Waals surface area contributed by atoms with E-state index >= 15 is 0 Å². The van der Waals surface area contributed by atoms with Crippen LogP contribution in [-0.2, 0) is 0 Å². The van der Waals surface area contributed by atoms with Crippen molar-refractivity contribution in [3.63, 3.8) is 0 Å². The van der Waals surface area contributed by atoms with Crippen molar-refractivity contribution in [1.82, 2.24) is 0 Å². The minimum absolute atomic E-state index is 0.0616. The number of nitrogens with two attached hydrogens (primary N) is 1. The Morgan fingerprint density at radius 2 is 1.68 bits per heavy atom. The van der Waals surface area contributed by atoms with Crippen LogP contribution in [0.25, 0.3) is 0 Å². The smallest absolute Gasteiger partial charge is 0.453 e. The molecule has 0 radical (unpaired) electrons. The number of primary amides is 1. The Morgan fingerprint density at radius 1 is 1.05 bits per heavy atom. The van der Waals surface area contributed by atoms with Crippen LogP contribution in [0.3, 0.4) is 0 Å². The van der Waals surface area contributed by atoms with Crippen LogP contribution < -0.4 is 15.2 Å². The van der Waals surface area contributed by atoms with Crippen LogP contribution >= 0.6 is 0 Å². The van der Waals surface area contributed by atoms with E-state index in [1.165, 1.54) is 18.2 Å². The van der Waals surface area contributed by atoms with Gasteiger partial charge < -0.3 is 15.2 Å². The Kier molecular flexibility index (Phi) is 4.20. The molecule has 2 N–H and O–H groups in total. The van der Waals surface area contributed by atoms with E-state index in [4.69, 9.17) is 10.5 Å². The summed E-state index contributed by atoms with van der Waals surface area (Å²) < 4.78 is 59.2. The van der Waals surface area contributed by atoms with Gasteiger partial charge in [0.1, 0.15) is 11.6 Å². The summed E-state index contributed by atoms with van der Waals surface area (Å²) in [5.41, 5.74) is 4.54. The number of ether oxygens (including phenoxy) is 2. The van der Waals surface area contributed by atoms with E-state index < -0.39 is 29.4 Å². The highest BCUT2D eigenvalue weighted by molar-refractivity contribution is 5.93. The molecule has 0 heterocycles. The number of alkyl halides is 3. The van der Waals surface area contributed by atoms with Gasteiger partial charge in [0.25, 0.3) is 5.91 Å². The maximum atomic E-state index is 13.3. The molecule has 0 aliphatic rings. The minimum Gasteiger partial charge on any atom is -0.453 e. The first-order valence-electron chi connectivity index (χ1n) is 5.88. The lowest BCUT2D eigenvalue weighted by Gasteiger charge is -2.14. The van der Waals surface area contributed by atoms with Crippen molar-refractivity contribution >= 4 is 5.91 Å². The Hall–Kier alpha value is -2.77. The van der Waals surface area contributed by atoms with Crippen LogP contribution in [0.1, 0.15) is 10.4 Å². The second kappa shape index (κ2) is 5.92. The normalized spacial score (nSPS) is 11.1. The highest BCUT2D eigenvalue weighted by atomic mass is 19.4. The lowest BCUT2D eigenvalue weighted by atomic mass is 10.2. The number of hydrogen-bond acceptors (Lipinski definition) is 3. The van der Waals surface area contributed by atoms with Gasteiger partial charge >= 0.3 is 6.36 Å². The molecule has 0 bridgehead atoms. The summed E-state index contributed by atoms with van der Waals surface area (Å²) in [7, 11) is 0. The second-order valence-corrected chi connectivity index (χ2v) is 4.10. The highest BCUT2D eigenvalue weighted by Gasteiger charge is 2.32. The molecule has 0 aliphatic heterocycles. The molecule has 0 fully saturated rings. The summed E-state index contributed by atoms with van der Waals surface area (Å²) >= 11 is 0. The molecular weight excluding hydrogens is 306 g/mol. The van der Waals surface area contributed by atoms with E-state index in [9.17, 15) is 22.4 Å². The molecular formula is C14H9F4NO3. The molecule has 2 rings (SSSR count). The molecule has 0 unspecified atom stereocenters. The number of halogens is 4. The number of hydrogen-bond donors (Lipinski definition) is 1. The fourth-order valence-corrected chi connectivity index (χ4v) is 1.63. The van der Waals surface area contributed by atoms with Crippen LogP contribution in [0.15, 0.2) is 42.5 Å². The Balaban J connectivity index is 2.32. The topological polar surface area (TPSA) is 61.6 Å². The van der Waals surface area contributed by atoms with Crippen LogP contribution in [0.5, 0.6) is 17.2 Å². The van der Waals surface area contributed by atoms with Crippen molar-refractivity contribution in [2.75, 3.05) is 0 Å². The molecule has 0 spiro atoms. The molecule has 2 aromatic carbocycles. The Bertz CT molecular complexity index is 701. The van der Waals surface area contributed by atoms with E-state index in [2.05, 4.69) is 4.74 Å². The van der Waals surface area contributed by atoms with E-state index in [-0.39, 0.29) is 11.5 Å². The predicted molar refractivity (Wildman–Crippen MR) is 68.1 cm³/mol. The van der Waals surface area contributed by atoms with Crippen molar-refractivity contribution in [1.29, 1.82) is 0 Å². The van der Waals surface area contributed by atoms with Crippen LogP contribution in [0, 0.1) is 5.82 Å². The monoisotopic (exact) mass is 315 g/mol. The minimum atomic E-state index is -4.89. The molecule has 0 saturated heterocycles. The molecule has 116 valence electrons. The molecule has 0 aromatic heterocycles. The van der Waals surface area contributed by atoms with Crippen LogP contribution in [-0.4, -0.2) is 12.3 Å². The fourth-order valence-electron chi connectivity index (χ4n) is 1.63. The van der Waals surface area contributed by atoms with Gasteiger partial charge in [0.15, 0.2) is 11.5 Å². The van der Waals surface area contributed by atoms with Crippen molar-refractivity contribution in [2.24, 2.45) is 5.73 Å². The third kappa shape index (κ3) is 3.87. The molecule has 1 amide bonds. The van der Waals surface area contributed by atoms with Gasteiger partial charge in [-0.3, -0.25) is 4.79 Å². The van der Waals surface area contributed by atoms with Crippen molar-refractivity contribution in [2.45, 2.75) is 6.36 Å². The van der Waals surface area contributed by atoms with E-state index in [0.717, 1.165) is 24.3 Å². The first-order chi connectivity index (χ1) is 10.3. The number of carbonyl (C=O) groups is 1. The van der Waals surface area contributed by atoms with E-state index in [1.807, 2.05) is 0 Å². The predicted octanol–water partition coefficient (Wildman–Crippen LogP) is 3.62. The molecule has 22 heavy (non-hydrogen) atoms. The summed E-state index contributed by atoms with van der Waals surface area (Å²) in [6.45, 7) is 0. The average molecular weight is 315 g/mol. The number of rotatable bonds is 4. The molecule has 0 saturated carbocycles. The summed E-state index contributed by atoms with van der Waals surface area (Å²) in [6, 6.07) is 8.09. The highest BCUT2D eigenvalue weighted by Crippen LogP contribution is 2.35. The summed E-state index contributed by atoms with van der Waals surface area (Å²) in [6.07, 6.45) is -4.89. The van der Waals surface area contributed by atoms with Gasteiger partial charge in [0, 0.05) is 0 Å². The Labute approximate surface area is 122 Å². The van der Waals surface area contributed by atoms with Gasteiger partial charge in [-0.15, -0.1) is 13.2 Å². The largest absolute Gasteiger partial charge is 0.573 e. The quantitative estimate of drug-likeness (QED) is 0.877. The Morgan fingerprint density at radius 3 is 2.27 bits per heavy atom. The van der Waals surface area contributed by atoms with Crippen LogP contribution in [0.4, 0.5) is 17.6 Å². The van der Waals surface area contributed by atoms with Gasteiger partial charge in [-0.25, -0.2) is 4.39 Å². The van der Waals surface area contributed by atoms with Crippen molar-refractivity contribution in [3.8, 4) is 17.2 Å². The zero-order valence-electron chi connectivity index (χ0n) is 10.9. The lowest BCUT2D eigenvalue weighted by Crippen LogP contribution is -2.17. The van der Waals surface area contributed by atoms with Gasteiger partial charge in [-0.2, -0.15) is 0 Å². The molecule has 2 aromatic rings. The van der Waals surface area contributed by atoms with Crippen LogP contribution in [0.2, 0.25) is 0 Å². The summed E-state index contributed by atoms with van der Waals surface area (Å²) in [5.74, 6) is -2.77. The van der Waals surface area contributed by atoms with E-state index in [1.54, 1.807) is 0 Å². The third-order valence-electron chi connectivity index (χ3n) is 2.51. The maximum absolute atomic E-state index is 13.3. The second-order valence-electron chi connectivity index (χ2n) is 4.10. The number of amides is 1. The summed E-state index contributed by atoms with van der Waals surface area (Å²) in [5, 5.41) is 0. The molecule has 8 heteroatoms. The van der Waals surface area contributed by atoms with Gasteiger partial charge in [0.2, 0.25) is 0 Å². The number of para-hydroxylation sites is 2. The van der Waals surface area contributed by atoms with Gasteiger partial charge in [-0.05, 0) is 30.3 Å². The van der Waals surface area contributed by atoms with Gasteiger partial charge in [-0.1, -0.05) is 12.1 Å². The average Bonchev–Trinajstić information content (AvgIpc) is 2.41. The zero-order valence-corrected chi connectivity index (χ0v) is 10.9. The summed E-state index contributed by atoms with van der Waals surface area (Å²) in [4.78, 5) is 11.0. The first-order valence-corrected chi connectivity index (χ1v) is 5.88. The zero-order chi connectivity index (χ0) is 16.3. The van der Waals surface area contributed by atoms with Crippen molar-refractivity contribution < 1.29 is 31.8 Å². The maximum Gasteiger partial charge on any atom is 0.573 e. The SMILES string of the molecule is NC(=O)c1cc(Oc2ccccc2OC(F)(F)F)ccc1F. The number of carbonyl (C=O) groups excluding carboxylic acids is 1. The molecule has 0 atom stereocenters. The third-order valence-corrected chi connectivity index (χ3v) is 2.51. The van der Waals surface area contributed by atoms with E-state index in [0.29, 0.717) is 0 Å².